The van der Waals surface area contributed by atoms with Crippen molar-refractivity contribution in [3.05, 3.63) is 89.6 Å². The molecule has 3 aromatic rings. The number of benzene rings is 2. The lowest BCUT2D eigenvalue weighted by Crippen LogP contribution is -2.44. The molecule has 2 fully saturated rings. The summed E-state index contributed by atoms with van der Waals surface area (Å²) in [5.41, 5.74) is 0.922. The van der Waals surface area contributed by atoms with Gasteiger partial charge < -0.3 is 14.3 Å². The number of hydrogen-bond acceptors (Lipinski definition) is 5. The van der Waals surface area contributed by atoms with Crippen LogP contribution in [-0.2, 0) is 23.5 Å². The van der Waals surface area contributed by atoms with Crippen LogP contribution in [0.25, 0.3) is 0 Å². The van der Waals surface area contributed by atoms with Gasteiger partial charge in [-0.2, -0.15) is 0 Å². The van der Waals surface area contributed by atoms with Crippen molar-refractivity contribution in [2.45, 2.75) is 63.9 Å². The molecular formula is C29H36N2O3. The van der Waals surface area contributed by atoms with Gasteiger partial charge in [0.25, 0.3) is 0 Å². The highest BCUT2D eigenvalue weighted by Crippen LogP contribution is 2.46. The summed E-state index contributed by atoms with van der Waals surface area (Å²) >= 11 is 0. The Hall–Kier alpha value is -2.47. The summed E-state index contributed by atoms with van der Waals surface area (Å²) in [6.07, 6.45) is 7.38. The molecule has 3 unspecified atom stereocenters. The van der Waals surface area contributed by atoms with E-state index in [0.717, 1.165) is 56.5 Å². The van der Waals surface area contributed by atoms with Crippen LogP contribution in [0.1, 0.15) is 61.8 Å². The molecular weight excluding hydrogens is 424 g/mol. The maximum Gasteiger partial charge on any atom is 0.231 e. The van der Waals surface area contributed by atoms with Crippen molar-refractivity contribution >= 4 is 0 Å². The summed E-state index contributed by atoms with van der Waals surface area (Å²) in [5, 5.41) is 11.8. The highest BCUT2D eigenvalue weighted by atomic mass is 16.5. The first-order valence-electron chi connectivity index (χ1n) is 12.8. The Kier molecular flexibility index (Phi) is 7.14. The van der Waals surface area contributed by atoms with Crippen molar-refractivity contribution in [2.75, 3.05) is 13.1 Å². The lowest BCUT2D eigenvalue weighted by Gasteiger charge is -2.39. The Labute approximate surface area is 202 Å². The molecule has 0 radical (unpaired) electrons. The molecule has 1 saturated heterocycles. The van der Waals surface area contributed by atoms with E-state index in [9.17, 15) is 5.11 Å². The highest BCUT2D eigenvalue weighted by molar-refractivity contribution is 5.30. The van der Waals surface area contributed by atoms with E-state index in [0.29, 0.717) is 25.0 Å². The van der Waals surface area contributed by atoms with Gasteiger partial charge in [0.05, 0.1) is 25.5 Å². The van der Waals surface area contributed by atoms with Crippen molar-refractivity contribution < 1.29 is 14.3 Å². The zero-order valence-corrected chi connectivity index (χ0v) is 20.1. The fraction of sp³-hybridized carbons (Fsp3) is 0.483. The summed E-state index contributed by atoms with van der Waals surface area (Å²) in [6, 6.07) is 20.3. The van der Waals surface area contributed by atoms with E-state index in [1.807, 2.05) is 36.4 Å². The largest absolute Gasteiger partial charge is 0.441 e. The highest BCUT2D eigenvalue weighted by Gasteiger charge is 2.47. The Morgan fingerprint density at radius 1 is 1.06 bits per heavy atom. The number of likely N-dealkylation sites (tertiary alicyclic amines) is 1. The zero-order chi connectivity index (χ0) is 23.4. The molecule has 0 amide bonds. The van der Waals surface area contributed by atoms with E-state index in [-0.39, 0.29) is 12.0 Å². The number of aromatic nitrogens is 1. The van der Waals surface area contributed by atoms with Gasteiger partial charge in [0.15, 0.2) is 5.60 Å². The fourth-order valence-corrected chi connectivity index (χ4v) is 5.44. The molecule has 0 bridgehead atoms. The lowest BCUT2D eigenvalue weighted by atomic mass is 9.69. The molecule has 0 spiro atoms. The summed E-state index contributed by atoms with van der Waals surface area (Å²) in [6.45, 7) is 5.49. The number of oxazole rings is 1. The number of piperidine rings is 1. The van der Waals surface area contributed by atoms with E-state index < -0.39 is 5.60 Å². The van der Waals surface area contributed by atoms with Crippen LogP contribution < -0.4 is 0 Å². The smallest absolute Gasteiger partial charge is 0.231 e. The zero-order valence-electron chi connectivity index (χ0n) is 20.1. The maximum atomic E-state index is 11.8. The minimum atomic E-state index is -1.16. The summed E-state index contributed by atoms with van der Waals surface area (Å²) < 4.78 is 12.6. The van der Waals surface area contributed by atoms with Gasteiger partial charge >= 0.3 is 0 Å². The van der Waals surface area contributed by atoms with Gasteiger partial charge in [0.2, 0.25) is 5.89 Å². The predicted octanol–water partition coefficient (Wildman–Crippen LogP) is 5.53. The van der Waals surface area contributed by atoms with E-state index in [4.69, 9.17) is 9.15 Å². The lowest BCUT2D eigenvalue weighted by molar-refractivity contribution is -0.0528. The average Bonchev–Trinajstić information content (AvgIpc) is 3.32. The van der Waals surface area contributed by atoms with Crippen LogP contribution in [0.5, 0.6) is 0 Å². The van der Waals surface area contributed by atoms with Crippen molar-refractivity contribution in [1.29, 1.82) is 0 Å². The van der Waals surface area contributed by atoms with Gasteiger partial charge in [0.1, 0.15) is 5.76 Å². The number of nitrogens with zero attached hydrogens (tertiary/aromatic N) is 2. The Balaban J connectivity index is 1.27. The van der Waals surface area contributed by atoms with Gasteiger partial charge in [-0.25, -0.2) is 4.98 Å². The second-order valence-electron chi connectivity index (χ2n) is 9.92. The summed E-state index contributed by atoms with van der Waals surface area (Å²) in [7, 11) is 0. The maximum absolute atomic E-state index is 11.8. The molecule has 2 aromatic carbocycles. The number of hydrogen-bond donors (Lipinski definition) is 1. The molecule has 180 valence electrons. The predicted molar refractivity (Wildman–Crippen MR) is 132 cm³/mol. The van der Waals surface area contributed by atoms with Crippen LogP contribution in [0.2, 0.25) is 0 Å². The van der Waals surface area contributed by atoms with Crippen LogP contribution in [-0.4, -0.2) is 34.2 Å². The van der Waals surface area contributed by atoms with Crippen LogP contribution in [0.4, 0.5) is 0 Å². The third-order valence-corrected chi connectivity index (χ3v) is 7.78. The fourth-order valence-electron chi connectivity index (χ4n) is 5.44. The topological polar surface area (TPSA) is 58.7 Å². The summed E-state index contributed by atoms with van der Waals surface area (Å²) in [4.78, 5) is 6.98. The third kappa shape index (κ3) is 4.83. The van der Waals surface area contributed by atoms with Gasteiger partial charge in [-0.15, -0.1) is 0 Å². The van der Waals surface area contributed by atoms with Gasteiger partial charge in [0, 0.05) is 12.5 Å². The van der Waals surface area contributed by atoms with Crippen molar-refractivity contribution in [2.24, 2.45) is 11.8 Å². The van der Waals surface area contributed by atoms with Crippen LogP contribution in [0.3, 0.4) is 0 Å². The Morgan fingerprint density at radius 3 is 2.47 bits per heavy atom. The van der Waals surface area contributed by atoms with E-state index in [1.165, 1.54) is 5.56 Å². The average molecular weight is 461 g/mol. The molecule has 3 atom stereocenters. The van der Waals surface area contributed by atoms with Crippen molar-refractivity contribution in [1.82, 2.24) is 9.88 Å². The number of ether oxygens (including phenoxy) is 1. The molecule has 1 aliphatic heterocycles. The Bertz CT molecular complexity index is 1030. The van der Waals surface area contributed by atoms with E-state index in [1.54, 1.807) is 6.20 Å². The molecule has 1 aromatic heterocycles. The minimum Gasteiger partial charge on any atom is -0.441 e. The molecule has 2 aliphatic rings. The molecule has 34 heavy (non-hydrogen) atoms. The second kappa shape index (κ2) is 10.4. The first kappa shape index (κ1) is 23.3. The van der Waals surface area contributed by atoms with E-state index in [2.05, 4.69) is 41.1 Å². The van der Waals surface area contributed by atoms with Gasteiger partial charge in [-0.05, 0) is 42.9 Å². The van der Waals surface area contributed by atoms with Crippen LogP contribution >= 0.6 is 0 Å². The number of rotatable bonds is 9. The second-order valence-corrected chi connectivity index (χ2v) is 9.92. The molecule has 2 heterocycles. The standard InChI is InChI=1S/C29H36N2O3/c1-2-23-16-17-31(20-27(23)33-21-22-10-5-3-6-11-22)19-26-18-30-28(34-26)29(32,25-14-9-15-25)24-12-7-4-8-13-24/h3-8,10-13,18,23,25,27,32H,2,9,14-17,19-21H2,1H3. The van der Waals surface area contributed by atoms with E-state index >= 15 is 0 Å². The number of aliphatic hydroxyl groups is 1. The molecule has 5 nitrogen and oxygen atoms in total. The first-order valence-corrected chi connectivity index (χ1v) is 12.8. The van der Waals surface area contributed by atoms with Crippen molar-refractivity contribution in [3.63, 3.8) is 0 Å². The quantitative estimate of drug-likeness (QED) is 0.455. The SMILES string of the molecule is CCC1CCN(Cc2cnc(C(O)(c3ccccc3)C3CCC3)o2)CC1OCc1ccccc1. The monoisotopic (exact) mass is 460 g/mol. The Morgan fingerprint density at radius 2 is 1.79 bits per heavy atom. The van der Waals surface area contributed by atoms with Crippen LogP contribution in [0, 0.1) is 11.8 Å². The van der Waals surface area contributed by atoms with Gasteiger partial charge in [-0.1, -0.05) is 80.4 Å². The van der Waals surface area contributed by atoms with Gasteiger partial charge in [-0.3, -0.25) is 4.90 Å². The molecule has 1 N–H and O–H groups in total. The van der Waals surface area contributed by atoms with Crippen molar-refractivity contribution in [3.8, 4) is 0 Å². The molecule has 5 heteroatoms. The normalized spacial score (nSPS) is 23.4. The third-order valence-electron chi connectivity index (χ3n) is 7.78. The summed E-state index contributed by atoms with van der Waals surface area (Å²) in [5.74, 6) is 1.96. The minimum absolute atomic E-state index is 0.150. The van der Waals surface area contributed by atoms with Crippen LogP contribution in [0.15, 0.2) is 71.3 Å². The molecule has 1 saturated carbocycles. The first-order chi connectivity index (χ1) is 16.7. The molecule has 5 rings (SSSR count). The molecule has 1 aliphatic carbocycles.